The van der Waals surface area contributed by atoms with Crippen molar-refractivity contribution in [2.45, 2.75) is 45.2 Å². The van der Waals surface area contributed by atoms with Crippen LogP contribution < -0.4 is 11.1 Å². The second-order valence-corrected chi connectivity index (χ2v) is 5.06. The Bertz CT molecular complexity index is 204. The molecule has 12 heavy (non-hydrogen) atoms. The Morgan fingerprint density at radius 1 is 1.42 bits per heavy atom. The Balaban J connectivity index is 2.85. The summed E-state index contributed by atoms with van der Waals surface area (Å²) in [5.74, 6) is 0.396. The fourth-order valence-electron chi connectivity index (χ4n) is 2.37. The van der Waals surface area contributed by atoms with Crippen LogP contribution in [0.5, 0.6) is 0 Å². The molecular weight excluding hydrogens is 148 g/mol. The third-order valence-corrected chi connectivity index (χ3v) is 2.69. The zero-order valence-corrected chi connectivity index (χ0v) is 8.57. The van der Waals surface area contributed by atoms with Crippen LogP contribution in [0.3, 0.4) is 0 Å². The Kier molecular flexibility index (Phi) is 1.99. The third kappa shape index (κ3) is 1.63. The molecule has 0 aromatic heterocycles. The summed E-state index contributed by atoms with van der Waals surface area (Å²) >= 11 is 0. The Morgan fingerprint density at radius 2 is 1.92 bits per heavy atom. The Morgan fingerprint density at radius 3 is 2.08 bits per heavy atom. The third-order valence-electron chi connectivity index (χ3n) is 2.69. The van der Waals surface area contributed by atoms with Crippen LogP contribution in [0.25, 0.3) is 0 Å². The van der Waals surface area contributed by atoms with Crippen molar-refractivity contribution in [1.82, 2.24) is 5.32 Å². The number of hydrogen-bond donors (Lipinski definition) is 2. The van der Waals surface area contributed by atoms with Crippen LogP contribution in [-0.4, -0.2) is 11.1 Å². The average molecular weight is 168 g/mol. The van der Waals surface area contributed by atoms with E-state index in [9.17, 15) is 0 Å². The summed E-state index contributed by atoms with van der Waals surface area (Å²) in [7, 11) is 0. The number of hydrogen-bond acceptors (Lipinski definition) is 2. The lowest BCUT2D eigenvalue weighted by molar-refractivity contribution is 0.344. The van der Waals surface area contributed by atoms with E-state index in [0.717, 1.165) is 12.1 Å². The molecular formula is C10H20N2. The van der Waals surface area contributed by atoms with Gasteiger partial charge in [-0.3, -0.25) is 0 Å². The van der Waals surface area contributed by atoms with E-state index in [1.54, 1.807) is 0 Å². The molecule has 1 fully saturated rings. The maximum absolute atomic E-state index is 5.76. The maximum atomic E-state index is 5.76. The molecule has 70 valence electrons. The standard InChI is InChI=1S/C10H20N2/c1-7(11)8-6-9(2,3)12-10(8,4)5/h8,12H,1,6,11H2,2-5H3. The summed E-state index contributed by atoms with van der Waals surface area (Å²) in [5, 5.41) is 3.56. The van der Waals surface area contributed by atoms with Crippen LogP contribution in [0.1, 0.15) is 34.1 Å². The minimum Gasteiger partial charge on any atom is -0.402 e. The average Bonchev–Trinajstić information content (AvgIpc) is 1.99. The lowest BCUT2D eigenvalue weighted by Crippen LogP contribution is -2.45. The lowest BCUT2D eigenvalue weighted by Gasteiger charge is -2.28. The molecule has 1 aliphatic rings. The molecule has 1 aliphatic heterocycles. The summed E-state index contributed by atoms with van der Waals surface area (Å²) in [6, 6.07) is 0. The maximum Gasteiger partial charge on any atom is 0.0213 e. The van der Waals surface area contributed by atoms with Gasteiger partial charge in [-0.15, -0.1) is 0 Å². The molecule has 1 heterocycles. The first-order chi connectivity index (χ1) is 5.25. The summed E-state index contributed by atoms with van der Waals surface area (Å²) in [6.07, 6.45) is 1.08. The van der Waals surface area contributed by atoms with Gasteiger partial charge >= 0.3 is 0 Å². The van der Waals surface area contributed by atoms with E-state index in [-0.39, 0.29) is 11.1 Å². The van der Waals surface area contributed by atoms with Crippen molar-refractivity contribution < 1.29 is 0 Å². The van der Waals surface area contributed by atoms with Gasteiger partial charge in [0.15, 0.2) is 0 Å². The number of nitrogens with one attached hydrogen (secondary N) is 1. The van der Waals surface area contributed by atoms with Crippen molar-refractivity contribution in [2.24, 2.45) is 11.7 Å². The summed E-state index contributed by atoms with van der Waals surface area (Å²) in [5.41, 5.74) is 6.85. The number of rotatable bonds is 1. The fourth-order valence-corrected chi connectivity index (χ4v) is 2.37. The van der Waals surface area contributed by atoms with Crippen LogP contribution >= 0.6 is 0 Å². The van der Waals surface area contributed by atoms with Crippen molar-refractivity contribution in [3.63, 3.8) is 0 Å². The first-order valence-corrected chi connectivity index (χ1v) is 4.48. The van der Waals surface area contributed by atoms with E-state index >= 15 is 0 Å². The highest BCUT2D eigenvalue weighted by molar-refractivity contribution is 5.13. The highest BCUT2D eigenvalue weighted by Gasteiger charge is 2.44. The minimum absolute atomic E-state index is 0.0926. The number of nitrogens with two attached hydrogens (primary N) is 1. The lowest BCUT2D eigenvalue weighted by atomic mass is 9.85. The van der Waals surface area contributed by atoms with Crippen LogP contribution in [-0.2, 0) is 0 Å². The van der Waals surface area contributed by atoms with Crippen LogP contribution in [0.15, 0.2) is 12.3 Å². The molecule has 0 radical (unpaired) electrons. The van der Waals surface area contributed by atoms with Crippen LogP contribution in [0.2, 0.25) is 0 Å². The molecule has 0 aromatic carbocycles. The molecule has 1 rings (SSSR count). The second-order valence-electron chi connectivity index (χ2n) is 5.06. The SMILES string of the molecule is C=C(N)C1CC(C)(C)NC1(C)C. The predicted molar refractivity (Wildman–Crippen MR) is 52.7 cm³/mol. The molecule has 3 N–H and O–H groups in total. The van der Waals surface area contributed by atoms with Gasteiger partial charge in [0.1, 0.15) is 0 Å². The normalized spacial score (nSPS) is 31.8. The molecule has 2 nitrogen and oxygen atoms in total. The highest BCUT2D eigenvalue weighted by Crippen LogP contribution is 2.37. The molecule has 0 spiro atoms. The molecule has 1 saturated heterocycles. The van der Waals surface area contributed by atoms with E-state index in [0.29, 0.717) is 5.92 Å². The molecule has 0 aromatic rings. The predicted octanol–water partition coefficient (Wildman–Crippen LogP) is 1.63. The van der Waals surface area contributed by atoms with Crippen molar-refractivity contribution in [2.75, 3.05) is 0 Å². The monoisotopic (exact) mass is 168 g/mol. The Hall–Kier alpha value is -0.500. The summed E-state index contributed by atoms with van der Waals surface area (Å²) in [6.45, 7) is 12.6. The van der Waals surface area contributed by atoms with E-state index in [1.165, 1.54) is 0 Å². The summed E-state index contributed by atoms with van der Waals surface area (Å²) in [4.78, 5) is 0. The quantitative estimate of drug-likeness (QED) is 0.624. The van der Waals surface area contributed by atoms with E-state index < -0.39 is 0 Å². The first-order valence-electron chi connectivity index (χ1n) is 4.48. The van der Waals surface area contributed by atoms with Crippen molar-refractivity contribution in [3.05, 3.63) is 12.3 Å². The molecule has 2 heteroatoms. The van der Waals surface area contributed by atoms with Gasteiger partial charge in [-0.25, -0.2) is 0 Å². The van der Waals surface area contributed by atoms with Gasteiger partial charge in [0, 0.05) is 22.7 Å². The van der Waals surface area contributed by atoms with Gasteiger partial charge in [0.05, 0.1) is 0 Å². The van der Waals surface area contributed by atoms with Crippen molar-refractivity contribution in [1.29, 1.82) is 0 Å². The van der Waals surface area contributed by atoms with Crippen molar-refractivity contribution in [3.8, 4) is 0 Å². The fraction of sp³-hybridized carbons (Fsp3) is 0.800. The van der Waals surface area contributed by atoms with Gasteiger partial charge in [0.2, 0.25) is 0 Å². The van der Waals surface area contributed by atoms with Gasteiger partial charge in [-0.2, -0.15) is 0 Å². The molecule has 0 saturated carbocycles. The highest BCUT2D eigenvalue weighted by atomic mass is 15.1. The van der Waals surface area contributed by atoms with Gasteiger partial charge in [-0.1, -0.05) is 6.58 Å². The van der Waals surface area contributed by atoms with Gasteiger partial charge in [-0.05, 0) is 34.1 Å². The van der Waals surface area contributed by atoms with E-state index in [4.69, 9.17) is 5.73 Å². The molecule has 0 bridgehead atoms. The largest absolute Gasteiger partial charge is 0.402 e. The zero-order chi connectivity index (χ0) is 9.57. The zero-order valence-electron chi connectivity index (χ0n) is 8.57. The smallest absolute Gasteiger partial charge is 0.0213 e. The topological polar surface area (TPSA) is 38.0 Å². The molecule has 1 atom stereocenters. The van der Waals surface area contributed by atoms with E-state index in [2.05, 4.69) is 39.6 Å². The summed E-state index contributed by atoms with van der Waals surface area (Å²) < 4.78 is 0. The molecule has 0 aliphatic carbocycles. The molecule has 1 unspecified atom stereocenters. The molecule has 0 amide bonds. The minimum atomic E-state index is 0.0926. The van der Waals surface area contributed by atoms with E-state index in [1.807, 2.05) is 0 Å². The van der Waals surface area contributed by atoms with Crippen molar-refractivity contribution >= 4 is 0 Å². The van der Waals surface area contributed by atoms with Gasteiger partial charge in [0.25, 0.3) is 0 Å². The second kappa shape index (κ2) is 2.49. The van der Waals surface area contributed by atoms with Crippen LogP contribution in [0.4, 0.5) is 0 Å². The first kappa shape index (κ1) is 9.59. The van der Waals surface area contributed by atoms with Crippen LogP contribution in [0, 0.1) is 5.92 Å². The van der Waals surface area contributed by atoms with Gasteiger partial charge < -0.3 is 11.1 Å². The Labute approximate surface area is 75.2 Å².